The van der Waals surface area contributed by atoms with Gasteiger partial charge in [-0.1, -0.05) is 56.1 Å². The number of nitrogens with zero attached hydrogens (tertiary/aromatic N) is 9. The molecular weight excluding hydrogens is 573 g/mol. The van der Waals surface area contributed by atoms with Gasteiger partial charge in [-0.25, -0.2) is 0 Å². The fourth-order valence-electron chi connectivity index (χ4n) is 2.94. The number of rotatable bonds is 19. The SMILES string of the molecule is CCSc1nc(N)nc(NCCNc2nc(NCCNc3nc(NCCN)nc(SCC)n3)nc(SCC)n2)n1. The molecule has 0 aliphatic rings. The molecule has 0 unspecified atom stereocenters. The third-order valence-corrected chi connectivity index (χ3v) is 6.68. The molecule has 0 saturated heterocycles. The predicted molar refractivity (Wildman–Crippen MR) is 165 cm³/mol. The lowest BCUT2D eigenvalue weighted by molar-refractivity contribution is 0.866. The van der Waals surface area contributed by atoms with E-state index in [-0.39, 0.29) is 5.95 Å². The average molecular weight is 609 g/mol. The highest BCUT2D eigenvalue weighted by Crippen LogP contribution is 2.18. The van der Waals surface area contributed by atoms with Gasteiger partial charge in [0, 0.05) is 39.3 Å². The Balaban J connectivity index is 1.53. The lowest BCUT2D eigenvalue weighted by Gasteiger charge is -2.12. The number of nitrogens with two attached hydrogens (primary N) is 2. The molecule has 3 aromatic rings. The van der Waals surface area contributed by atoms with Crippen LogP contribution in [0, 0.1) is 0 Å². The summed E-state index contributed by atoms with van der Waals surface area (Å²) >= 11 is 4.58. The quantitative estimate of drug-likeness (QED) is 0.0756. The molecule has 0 saturated carbocycles. The van der Waals surface area contributed by atoms with Crippen LogP contribution in [0.25, 0.3) is 0 Å². The molecule has 3 rings (SSSR count). The summed E-state index contributed by atoms with van der Waals surface area (Å²) in [5, 5.41) is 17.8. The van der Waals surface area contributed by atoms with Crippen LogP contribution >= 0.6 is 35.3 Å². The van der Waals surface area contributed by atoms with Gasteiger partial charge >= 0.3 is 0 Å². The number of nitrogens with one attached hydrogen (secondary N) is 5. The van der Waals surface area contributed by atoms with Crippen LogP contribution in [0.5, 0.6) is 0 Å². The molecule has 0 spiro atoms. The fourth-order valence-corrected chi connectivity index (χ4v) is 4.63. The van der Waals surface area contributed by atoms with Crippen molar-refractivity contribution in [3.8, 4) is 0 Å². The van der Waals surface area contributed by atoms with E-state index in [0.29, 0.717) is 84.5 Å². The molecule has 19 heteroatoms. The molecule has 0 atom stereocenters. The molecule has 0 bridgehead atoms. The Morgan fingerprint density at radius 3 is 1.15 bits per heavy atom. The summed E-state index contributed by atoms with van der Waals surface area (Å²) in [4.78, 5) is 39.4. The van der Waals surface area contributed by atoms with Gasteiger partial charge in [-0.05, 0) is 17.3 Å². The Labute approximate surface area is 246 Å². The molecule has 0 radical (unpaired) electrons. The first-order chi connectivity index (χ1) is 19.5. The van der Waals surface area contributed by atoms with Crippen molar-refractivity contribution in [2.45, 2.75) is 36.2 Å². The predicted octanol–water partition coefficient (Wildman–Crippen LogP) is 1.58. The minimum atomic E-state index is 0.185. The molecular formula is C21H36N16S3. The van der Waals surface area contributed by atoms with Crippen LogP contribution in [0.15, 0.2) is 15.5 Å². The fraction of sp³-hybridized carbons (Fsp3) is 0.571. The molecule has 0 aromatic carbocycles. The smallest absolute Gasteiger partial charge is 0.228 e. The summed E-state index contributed by atoms with van der Waals surface area (Å²) in [6, 6.07) is 0. The van der Waals surface area contributed by atoms with E-state index < -0.39 is 0 Å². The standard InChI is InChI=1S/C21H36N16S3/c1-4-38-19-30-13(23)29-14(33-19)25-9-10-26-17-32-18(37-21(36-17)40-6-3)28-12-11-27-16-31-15(24-8-7-22)34-20(35-16)39-5-2/h4-12,22H2,1-3H3,(H3,23,25,29,30,33)(H2,24,27,31,34,35)(H2,26,28,32,36,37). The average Bonchev–Trinajstić information content (AvgIpc) is 2.92. The van der Waals surface area contributed by atoms with E-state index in [1.807, 2.05) is 20.8 Å². The van der Waals surface area contributed by atoms with Crippen LogP contribution in [0.2, 0.25) is 0 Å². The van der Waals surface area contributed by atoms with Gasteiger partial charge in [0.25, 0.3) is 0 Å². The first-order valence-corrected chi connectivity index (χ1v) is 15.8. The summed E-state index contributed by atoms with van der Waals surface area (Å²) in [6.07, 6.45) is 0. The highest BCUT2D eigenvalue weighted by molar-refractivity contribution is 7.99. The van der Waals surface area contributed by atoms with Gasteiger partial charge in [-0.2, -0.15) is 44.9 Å². The number of anilines is 6. The van der Waals surface area contributed by atoms with Crippen molar-refractivity contribution >= 4 is 71.0 Å². The maximum Gasteiger partial charge on any atom is 0.228 e. The van der Waals surface area contributed by atoms with E-state index >= 15 is 0 Å². The van der Waals surface area contributed by atoms with Crippen LogP contribution in [0.1, 0.15) is 20.8 Å². The van der Waals surface area contributed by atoms with Crippen molar-refractivity contribution < 1.29 is 0 Å². The monoisotopic (exact) mass is 608 g/mol. The van der Waals surface area contributed by atoms with Gasteiger partial charge in [0.1, 0.15) is 0 Å². The maximum absolute atomic E-state index is 5.78. The molecule has 3 aromatic heterocycles. The largest absolute Gasteiger partial charge is 0.368 e. The van der Waals surface area contributed by atoms with Gasteiger partial charge in [0.2, 0.25) is 35.7 Å². The van der Waals surface area contributed by atoms with Gasteiger partial charge < -0.3 is 38.1 Å². The molecule has 3 heterocycles. The Hall–Kier alpha value is -3.16. The first-order valence-electron chi connectivity index (χ1n) is 12.8. The molecule has 0 aliphatic carbocycles. The van der Waals surface area contributed by atoms with E-state index in [0.717, 1.165) is 17.3 Å². The Morgan fingerprint density at radius 1 is 0.475 bits per heavy atom. The second-order valence-electron chi connectivity index (χ2n) is 7.55. The third-order valence-electron chi connectivity index (χ3n) is 4.49. The highest BCUT2D eigenvalue weighted by Gasteiger charge is 2.09. The van der Waals surface area contributed by atoms with Crippen molar-refractivity contribution in [1.29, 1.82) is 0 Å². The van der Waals surface area contributed by atoms with E-state index in [1.54, 1.807) is 11.8 Å². The second kappa shape index (κ2) is 17.5. The summed E-state index contributed by atoms with van der Waals surface area (Å²) in [6.45, 7) is 9.32. The van der Waals surface area contributed by atoms with Crippen LogP contribution in [0.3, 0.4) is 0 Å². The number of thioether (sulfide) groups is 3. The molecule has 0 amide bonds. The number of hydrogen-bond acceptors (Lipinski definition) is 19. The topological polar surface area (TPSA) is 228 Å². The number of aromatic nitrogens is 9. The van der Waals surface area contributed by atoms with Crippen LogP contribution < -0.4 is 38.1 Å². The number of nitrogen functional groups attached to an aromatic ring is 1. The Morgan fingerprint density at radius 2 is 0.800 bits per heavy atom. The number of hydrogen-bond donors (Lipinski definition) is 7. The third kappa shape index (κ3) is 11.1. The molecule has 0 fully saturated rings. The molecule has 218 valence electrons. The zero-order chi connectivity index (χ0) is 28.6. The Bertz CT molecular complexity index is 1190. The van der Waals surface area contributed by atoms with Crippen molar-refractivity contribution in [2.75, 3.05) is 88.8 Å². The maximum atomic E-state index is 5.78. The summed E-state index contributed by atoms with van der Waals surface area (Å²) < 4.78 is 0. The molecule has 40 heavy (non-hydrogen) atoms. The van der Waals surface area contributed by atoms with Crippen molar-refractivity contribution in [1.82, 2.24) is 44.9 Å². The highest BCUT2D eigenvalue weighted by atomic mass is 32.2. The molecule has 0 aliphatic heterocycles. The lowest BCUT2D eigenvalue weighted by Crippen LogP contribution is -2.20. The van der Waals surface area contributed by atoms with Crippen molar-refractivity contribution in [3.05, 3.63) is 0 Å². The summed E-state index contributed by atoms with van der Waals surface area (Å²) in [5.41, 5.74) is 11.4. The van der Waals surface area contributed by atoms with Gasteiger partial charge in [0.15, 0.2) is 15.5 Å². The van der Waals surface area contributed by atoms with Crippen molar-refractivity contribution in [3.63, 3.8) is 0 Å². The van der Waals surface area contributed by atoms with Crippen LogP contribution in [-0.4, -0.2) is 101 Å². The van der Waals surface area contributed by atoms with Gasteiger partial charge in [0.05, 0.1) is 0 Å². The summed E-state index contributed by atoms with van der Waals surface area (Å²) in [7, 11) is 0. The van der Waals surface area contributed by atoms with E-state index in [2.05, 4.69) is 71.4 Å². The van der Waals surface area contributed by atoms with Gasteiger partial charge in [-0.3, -0.25) is 0 Å². The minimum absolute atomic E-state index is 0.185. The minimum Gasteiger partial charge on any atom is -0.368 e. The summed E-state index contributed by atoms with van der Waals surface area (Å²) in [5.74, 6) is 5.07. The first kappa shape index (κ1) is 31.4. The zero-order valence-electron chi connectivity index (χ0n) is 22.8. The second-order valence-corrected chi connectivity index (χ2v) is 11.2. The van der Waals surface area contributed by atoms with E-state index in [1.165, 1.54) is 23.5 Å². The van der Waals surface area contributed by atoms with Crippen molar-refractivity contribution in [2.24, 2.45) is 5.73 Å². The van der Waals surface area contributed by atoms with Crippen LogP contribution in [-0.2, 0) is 0 Å². The van der Waals surface area contributed by atoms with E-state index in [4.69, 9.17) is 11.5 Å². The van der Waals surface area contributed by atoms with Crippen LogP contribution in [0.4, 0.5) is 35.7 Å². The van der Waals surface area contributed by atoms with E-state index in [9.17, 15) is 0 Å². The zero-order valence-corrected chi connectivity index (χ0v) is 25.2. The normalized spacial score (nSPS) is 10.8. The van der Waals surface area contributed by atoms with Gasteiger partial charge in [-0.15, -0.1) is 0 Å². The molecule has 9 N–H and O–H groups in total. The lowest BCUT2D eigenvalue weighted by atomic mass is 10.6. The molecule has 16 nitrogen and oxygen atoms in total. The Kier molecular flexibility index (Phi) is 13.7.